The first-order chi connectivity index (χ1) is 12.0. The average Bonchev–Trinajstić information content (AvgIpc) is 3.02. The lowest BCUT2D eigenvalue weighted by molar-refractivity contribution is -0.131. The first-order valence-corrected chi connectivity index (χ1v) is 9.46. The number of rotatable bonds is 5. The maximum Gasteiger partial charge on any atom is 0.261 e. The molecule has 2 N–H and O–H groups in total. The van der Waals surface area contributed by atoms with Crippen LogP contribution in [0.15, 0.2) is 18.2 Å². The number of nitrogens with one attached hydrogen (secondary N) is 2. The van der Waals surface area contributed by atoms with Gasteiger partial charge in [0.05, 0.1) is 0 Å². The van der Waals surface area contributed by atoms with Crippen molar-refractivity contribution in [3.8, 4) is 5.75 Å². The molecule has 1 heterocycles. The number of benzene rings is 1. The van der Waals surface area contributed by atoms with Gasteiger partial charge in [-0.05, 0) is 55.9 Å². The maximum atomic E-state index is 12.4. The van der Waals surface area contributed by atoms with Crippen LogP contribution in [-0.4, -0.2) is 30.5 Å². The molecule has 2 aliphatic rings. The standard InChI is InChI=1S/C19H25ClN2O3/c1-12(18(23)22-16-9-10-21-19(16)24)25-17-8-7-14(20)11-15(17)13-5-3-2-4-6-13/h7-8,11-13,16H,2-6,9-10H2,1H3,(H,21,24)(H,22,23). The molecule has 0 aromatic heterocycles. The average molecular weight is 365 g/mol. The molecule has 1 saturated carbocycles. The Labute approximate surface area is 153 Å². The van der Waals surface area contributed by atoms with Crippen molar-refractivity contribution in [3.63, 3.8) is 0 Å². The molecule has 3 rings (SSSR count). The number of ether oxygens (including phenoxy) is 1. The smallest absolute Gasteiger partial charge is 0.261 e. The molecule has 2 amide bonds. The largest absolute Gasteiger partial charge is 0.481 e. The molecule has 2 unspecified atom stereocenters. The second-order valence-electron chi connectivity index (χ2n) is 6.92. The normalized spacial score (nSPS) is 22.3. The summed E-state index contributed by atoms with van der Waals surface area (Å²) in [6, 6.07) is 5.14. The molecule has 6 heteroatoms. The molecule has 1 aliphatic carbocycles. The third-order valence-corrected chi connectivity index (χ3v) is 5.29. The van der Waals surface area contributed by atoms with Crippen molar-refractivity contribution in [3.05, 3.63) is 28.8 Å². The molecule has 1 saturated heterocycles. The van der Waals surface area contributed by atoms with Crippen LogP contribution in [0.3, 0.4) is 0 Å². The van der Waals surface area contributed by atoms with Gasteiger partial charge in [0.15, 0.2) is 6.10 Å². The lowest BCUT2D eigenvalue weighted by Crippen LogP contribution is -2.45. The van der Waals surface area contributed by atoms with Crippen molar-refractivity contribution in [2.45, 2.75) is 63.5 Å². The highest BCUT2D eigenvalue weighted by Gasteiger charge is 2.28. The van der Waals surface area contributed by atoms with Crippen molar-refractivity contribution >= 4 is 23.4 Å². The van der Waals surface area contributed by atoms with E-state index >= 15 is 0 Å². The highest BCUT2D eigenvalue weighted by atomic mass is 35.5. The molecule has 25 heavy (non-hydrogen) atoms. The number of carbonyl (C=O) groups excluding carboxylic acids is 2. The molecule has 0 bridgehead atoms. The third kappa shape index (κ3) is 4.46. The summed E-state index contributed by atoms with van der Waals surface area (Å²) in [5.41, 5.74) is 1.09. The van der Waals surface area contributed by atoms with Crippen LogP contribution >= 0.6 is 11.6 Å². The molecule has 136 valence electrons. The Morgan fingerprint density at radius 1 is 1.28 bits per heavy atom. The van der Waals surface area contributed by atoms with Gasteiger partial charge in [-0.1, -0.05) is 30.9 Å². The number of hydrogen-bond acceptors (Lipinski definition) is 3. The van der Waals surface area contributed by atoms with E-state index < -0.39 is 12.1 Å². The molecule has 1 aromatic rings. The van der Waals surface area contributed by atoms with Crippen LogP contribution in [0.25, 0.3) is 0 Å². The number of carbonyl (C=O) groups is 2. The molecule has 1 aliphatic heterocycles. The molecular weight excluding hydrogens is 340 g/mol. The van der Waals surface area contributed by atoms with E-state index in [9.17, 15) is 9.59 Å². The number of hydrogen-bond donors (Lipinski definition) is 2. The zero-order valence-electron chi connectivity index (χ0n) is 14.5. The molecular formula is C19H25ClN2O3. The molecule has 0 radical (unpaired) electrons. The van der Waals surface area contributed by atoms with Gasteiger partial charge in [0.1, 0.15) is 11.8 Å². The topological polar surface area (TPSA) is 67.4 Å². The number of halogens is 1. The van der Waals surface area contributed by atoms with Crippen molar-refractivity contribution in [2.24, 2.45) is 0 Å². The minimum Gasteiger partial charge on any atom is -0.481 e. The zero-order valence-corrected chi connectivity index (χ0v) is 15.3. The van der Waals surface area contributed by atoms with Crippen molar-refractivity contribution in [1.29, 1.82) is 0 Å². The van der Waals surface area contributed by atoms with Gasteiger partial charge in [-0.3, -0.25) is 9.59 Å². The first kappa shape index (κ1) is 18.1. The van der Waals surface area contributed by atoms with Gasteiger partial charge in [-0.15, -0.1) is 0 Å². The summed E-state index contributed by atoms with van der Waals surface area (Å²) in [5, 5.41) is 6.16. The summed E-state index contributed by atoms with van der Waals surface area (Å²) in [6.07, 6.45) is 5.89. The Morgan fingerprint density at radius 2 is 2.04 bits per heavy atom. The van der Waals surface area contributed by atoms with Crippen molar-refractivity contribution < 1.29 is 14.3 Å². The van der Waals surface area contributed by atoms with E-state index in [-0.39, 0.29) is 11.8 Å². The fourth-order valence-electron chi connectivity index (χ4n) is 3.62. The Morgan fingerprint density at radius 3 is 2.72 bits per heavy atom. The molecule has 5 nitrogen and oxygen atoms in total. The van der Waals surface area contributed by atoms with E-state index in [1.165, 1.54) is 19.3 Å². The van der Waals surface area contributed by atoms with E-state index in [1.54, 1.807) is 13.0 Å². The molecule has 2 fully saturated rings. The number of amides is 2. The SMILES string of the molecule is CC(Oc1ccc(Cl)cc1C1CCCCC1)C(=O)NC1CCNC1=O. The summed E-state index contributed by atoms with van der Waals surface area (Å²) >= 11 is 6.19. The van der Waals surface area contributed by atoms with E-state index in [4.69, 9.17) is 16.3 Å². The minimum atomic E-state index is -0.670. The van der Waals surface area contributed by atoms with Gasteiger partial charge in [-0.25, -0.2) is 0 Å². The van der Waals surface area contributed by atoms with Crippen molar-refractivity contribution in [2.75, 3.05) is 6.54 Å². The second-order valence-corrected chi connectivity index (χ2v) is 7.35. The van der Waals surface area contributed by atoms with E-state index in [1.807, 2.05) is 12.1 Å². The minimum absolute atomic E-state index is 0.130. The Balaban J connectivity index is 1.68. The fraction of sp³-hybridized carbons (Fsp3) is 0.579. The summed E-state index contributed by atoms with van der Waals surface area (Å²) in [5.74, 6) is 0.745. The van der Waals surface area contributed by atoms with E-state index in [0.29, 0.717) is 23.9 Å². The van der Waals surface area contributed by atoms with Crippen LogP contribution in [0.1, 0.15) is 56.9 Å². The second kappa shape index (κ2) is 8.09. The zero-order chi connectivity index (χ0) is 17.8. The van der Waals surface area contributed by atoms with Gasteiger partial charge in [0, 0.05) is 11.6 Å². The fourth-order valence-corrected chi connectivity index (χ4v) is 3.80. The summed E-state index contributed by atoms with van der Waals surface area (Å²) in [6.45, 7) is 2.31. The third-order valence-electron chi connectivity index (χ3n) is 5.06. The van der Waals surface area contributed by atoms with Crippen LogP contribution in [0.2, 0.25) is 5.02 Å². The predicted molar refractivity (Wildman–Crippen MR) is 96.9 cm³/mol. The van der Waals surface area contributed by atoms with E-state index in [0.717, 1.165) is 24.2 Å². The van der Waals surface area contributed by atoms with Crippen LogP contribution in [0, 0.1) is 0 Å². The van der Waals surface area contributed by atoms with Gasteiger partial charge in [0.2, 0.25) is 5.91 Å². The molecule has 0 spiro atoms. The van der Waals surface area contributed by atoms with E-state index in [2.05, 4.69) is 10.6 Å². The van der Waals surface area contributed by atoms with Crippen molar-refractivity contribution in [1.82, 2.24) is 10.6 Å². The van der Waals surface area contributed by atoms with Crippen LogP contribution in [-0.2, 0) is 9.59 Å². The highest BCUT2D eigenvalue weighted by Crippen LogP contribution is 2.39. The highest BCUT2D eigenvalue weighted by molar-refractivity contribution is 6.30. The predicted octanol–water partition coefficient (Wildman–Crippen LogP) is 3.16. The van der Waals surface area contributed by atoms with Crippen LogP contribution < -0.4 is 15.4 Å². The first-order valence-electron chi connectivity index (χ1n) is 9.09. The summed E-state index contributed by atoms with van der Waals surface area (Å²) < 4.78 is 5.96. The van der Waals surface area contributed by atoms with Gasteiger partial charge in [0.25, 0.3) is 5.91 Å². The summed E-state index contributed by atoms with van der Waals surface area (Å²) in [4.78, 5) is 24.0. The van der Waals surface area contributed by atoms with Crippen LogP contribution in [0.5, 0.6) is 5.75 Å². The quantitative estimate of drug-likeness (QED) is 0.843. The lowest BCUT2D eigenvalue weighted by atomic mass is 9.83. The summed E-state index contributed by atoms with van der Waals surface area (Å²) in [7, 11) is 0. The molecule has 2 atom stereocenters. The Hall–Kier alpha value is -1.75. The molecule has 1 aromatic carbocycles. The lowest BCUT2D eigenvalue weighted by Gasteiger charge is -2.26. The van der Waals surface area contributed by atoms with Gasteiger partial charge < -0.3 is 15.4 Å². The Bertz CT molecular complexity index is 644. The maximum absolute atomic E-state index is 12.4. The van der Waals surface area contributed by atoms with Crippen LogP contribution in [0.4, 0.5) is 0 Å². The van der Waals surface area contributed by atoms with Gasteiger partial charge >= 0.3 is 0 Å². The monoisotopic (exact) mass is 364 g/mol. The van der Waals surface area contributed by atoms with Gasteiger partial charge in [-0.2, -0.15) is 0 Å². The Kier molecular flexibility index (Phi) is 5.84.